The Morgan fingerprint density at radius 2 is 2.03 bits per heavy atom. The third kappa shape index (κ3) is 3.30. The van der Waals surface area contributed by atoms with Crippen LogP contribution in [0.2, 0.25) is 0 Å². The zero-order chi connectivity index (χ0) is 20.7. The maximum Gasteiger partial charge on any atom is 0.255 e. The largest absolute Gasteiger partial charge is 0.350 e. The predicted molar refractivity (Wildman–Crippen MR) is 107 cm³/mol. The van der Waals surface area contributed by atoms with E-state index in [0.29, 0.717) is 36.9 Å². The molecule has 9 heteroatoms. The first kappa shape index (κ1) is 18.7. The Kier molecular flexibility index (Phi) is 4.66. The lowest BCUT2D eigenvalue weighted by molar-refractivity contribution is -0.136. The molecule has 1 atom stereocenters. The zero-order valence-corrected chi connectivity index (χ0v) is 16.4. The number of hydrogen-bond acceptors (Lipinski definition) is 7. The highest BCUT2D eigenvalue weighted by Crippen LogP contribution is 2.30. The molecule has 1 aromatic heterocycles. The minimum Gasteiger partial charge on any atom is -0.350 e. The summed E-state index contributed by atoms with van der Waals surface area (Å²) in [5, 5.41) is 8.84. The van der Waals surface area contributed by atoms with Crippen molar-refractivity contribution in [3.8, 4) is 0 Å². The average Bonchev–Trinajstić information content (AvgIpc) is 3.03. The lowest BCUT2D eigenvalue weighted by Gasteiger charge is -2.29. The quantitative estimate of drug-likeness (QED) is 0.621. The molecule has 0 bridgehead atoms. The molecule has 2 aromatic rings. The number of rotatable bonds is 5. The van der Waals surface area contributed by atoms with E-state index in [0.717, 1.165) is 29.9 Å². The summed E-state index contributed by atoms with van der Waals surface area (Å²) >= 11 is 0. The molecular formula is C21H22N6O3. The van der Waals surface area contributed by atoms with Crippen molar-refractivity contribution in [3.05, 3.63) is 52.8 Å². The van der Waals surface area contributed by atoms with Crippen LogP contribution < -0.4 is 16.0 Å². The zero-order valence-electron chi connectivity index (χ0n) is 16.4. The van der Waals surface area contributed by atoms with Crippen LogP contribution >= 0.6 is 0 Å². The van der Waals surface area contributed by atoms with Crippen molar-refractivity contribution in [1.29, 1.82) is 0 Å². The number of amides is 3. The molecule has 5 rings (SSSR count). The maximum atomic E-state index is 12.9. The molecule has 1 unspecified atom stereocenters. The summed E-state index contributed by atoms with van der Waals surface area (Å²) in [6.45, 7) is 2.70. The molecule has 30 heavy (non-hydrogen) atoms. The first-order valence-corrected chi connectivity index (χ1v) is 10.1. The number of aromatic nitrogens is 2. The molecule has 4 heterocycles. The van der Waals surface area contributed by atoms with Gasteiger partial charge in [-0.3, -0.25) is 19.7 Å². The number of carbonyl (C=O) groups is 3. The van der Waals surface area contributed by atoms with E-state index < -0.39 is 11.9 Å². The van der Waals surface area contributed by atoms with Crippen LogP contribution in [0, 0.1) is 0 Å². The summed E-state index contributed by atoms with van der Waals surface area (Å²) in [6, 6.07) is 6.92. The number of nitrogens with zero attached hydrogens (tertiary/aromatic N) is 3. The summed E-state index contributed by atoms with van der Waals surface area (Å²) in [5.41, 5.74) is 3.49. The topological polar surface area (TPSA) is 116 Å². The van der Waals surface area contributed by atoms with Gasteiger partial charge in [0, 0.05) is 50.3 Å². The SMILES string of the molecule is O=C1CCC(N2Cc3c(CNc4nccc(C5CNC5)n4)cccc3C2=O)C(=O)N1. The summed E-state index contributed by atoms with van der Waals surface area (Å²) in [5.74, 6) is 0.127. The standard InChI is InChI=1S/C21H22N6O3/c28-18-5-4-17(19(29)26-18)27-11-15-12(2-1-3-14(15)20(27)30)10-24-21-23-7-6-16(25-21)13-8-22-9-13/h1-3,6-7,13,17,22H,4-5,8-11H2,(H,23,24,25)(H,26,28,29). The van der Waals surface area contributed by atoms with Crippen molar-refractivity contribution in [3.63, 3.8) is 0 Å². The van der Waals surface area contributed by atoms with E-state index in [1.807, 2.05) is 18.2 Å². The van der Waals surface area contributed by atoms with Gasteiger partial charge in [-0.15, -0.1) is 0 Å². The summed E-state index contributed by atoms with van der Waals surface area (Å²) in [6.07, 6.45) is 2.36. The van der Waals surface area contributed by atoms with Crippen LogP contribution in [0.5, 0.6) is 0 Å². The molecule has 1 aromatic carbocycles. The monoisotopic (exact) mass is 406 g/mol. The van der Waals surface area contributed by atoms with E-state index in [9.17, 15) is 14.4 Å². The van der Waals surface area contributed by atoms with Crippen molar-refractivity contribution in [2.75, 3.05) is 18.4 Å². The van der Waals surface area contributed by atoms with Gasteiger partial charge in [0.05, 0.1) is 5.69 Å². The highest BCUT2D eigenvalue weighted by Gasteiger charge is 2.39. The molecule has 2 saturated heterocycles. The van der Waals surface area contributed by atoms with Gasteiger partial charge in [0.15, 0.2) is 0 Å². The summed E-state index contributed by atoms with van der Waals surface area (Å²) in [7, 11) is 0. The Morgan fingerprint density at radius 3 is 2.80 bits per heavy atom. The highest BCUT2D eigenvalue weighted by molar-refractivity contribution is 6.05. The van der Waals surface area contributed by atoms with Gasteiger partial charge in [-0.25, -0.2) is 9.97 Å². The number of imide groups is 1. The van der Waals surface area contributed by atoms with Gasteiger partial charge in [0.25, 0.3) is 5.91 Å². The Hall–Kier alpha value is -3.33. The second-order valence-corrected chi connectivity index (χ2v) is 7.86. The molecule has 0 radical (unpaired) electrons. The third-order valence-corrected chi connectivity index (χ3v) is 5.99. The molecule has 9 nitrogen and oxygen atoms in total. The number of anilines is 1. The fourth-order valence-corrected chi connectivity index (χ4v) is 4.17. The summed E-state index contributed by atoms with van der Waals surface area (Å²) in [4.78, 5) is 47.1. The average molecular weight is 406 g/mol. The molecule has 3 aliphatic rings. The van der Waals surface area contributed by atoms with Crippen LogP contribution in [-0.4, -0.2) is 51.7 Å². The molecule has 3 amide bonds. The fraction of sp³-hybridized carbons (Fsp3) is 0.381. The first-order valence-electron chi connectivity index (χ1n) is 10.1. The maximum absolute atomic E-state index is 12.9. The van der Waals surface area contributed by atoms with Crippen LogP contribution in [-0.2, 0) is 22.7 Å². The van der Waals surface area contributed by atoms with Crippen LogP contribution in [0.1, 0.15) is 45.9 Å². The molecule has 0 spiro atoms. The van der Waals surface area contributed by atoms with Crippen LogP contribution in [0.25, 0.3) is 0 Å². The van der Waals surface area contributed by atoms with Gasteiger partial charge in [-0.05, 0) is 29.7 Å². The molecule has 3 aliphatic heterocycles. The number of nitrogens with one attached hydrogen (secondary N) is 3. The van der Waals surface area contributed by atoms with Crippen molar-refractivity contribution in [2.45, 2.75) is 37.9 Å². The van der Waals surface area contributed by atoms with Crippen LogP contribution in [0.4, 0.5) is 5.95 Å². The van der Waals surface area contributed by atoms with E-state index in [1.54, 1.807) is 17.2 Å². The fourth-order valence-electron chi connectivity index (χ4n) is 4.17. The van der Waals surface area contributed by atoms with E-state index in [2.05, 4.69) is 25.9 Å². The number of fused-ring (bicyclic) bond motifs is 1. The van der Waals surface area contributed by atoms with Crippen molar-refractivity contribution in [2.24, 2.45) is 0 Å². The predicted octanol–water partition coefficient (Wildman–Crippen LogP) is 0.537. The van der Waals surface area contributed by atoms with Gasteiger partial charge in [-0.1, -0.05) is 12.1 Å². The Balaban J connectivity index is 1.32. The van der Waals surface area contributed by atoms with Gasteiger partial charge in [0.1, 0.15) is 6.04 Å². The van der Waals surface area contributed by atoms with Crippen molar-refractivity contribution < 1.29 is 14.4 Å². The van der Waals surface area contributed by atoms with Crippen LogP contribution in [0.3, 0.4) is 0 Å². The Bertz CT molecular complexity index is 1040. The smallest absolute Gasteiger partial charge is 0.255 e. The molecule has 2 fully saturated rings. The lowest BCUT2D eigenvalue weighted by Crippen LogP contribution is -2.52. The van der Waals surface area contributed by atoms with Crippen LogP contribution in [0.15, 0.2) is 30.5 Å². The van der Waals surface area contributed by atoms with Gasteiger partial charge >= 0.3 is 0 Å². The second-order valence-electron chi connectivity index (χ2n) is 7.86. The minimum absolute atomic E-state index is 0.169. The highest BCUT2D eigenvalue weighted by atomic mass is 16.2. The first-order chi connectivity index (χ1) is 14.6. The number of piperidine rings is 1. The Morgan fingerprint density at radius 1 is 1.17 bits per heavy atom. The van der Waals surface area contributed by atoms with E-state index in [4.69, 9.17) is 0 Å². The third-order valence-electron chi connectivity index (χ3n) is 5.99. The molecule has 3 N–H and O–H groups in total. The molecule has 0 saturated carbocycles. The Labute approximate surface area is 173 Å². The summed E-state index contributed by atoms with van der Waals surface area (Å²) < 4.78 is 0. The molecule has 0 aliphatic carbocycles. The van der Waals surface area contributed by atoms with Gasteiger partial charge < -0.3 is 15.5 Å². The number of benzene rings is 1. The van der Waals surface area contributed by atoms with Gasteiger partial charge in [-0.2, -0.15) is 0 Å². The van der Waals surface area contributed by atoms with Crippen molar-refractivity contribution >= 4 is 23.7 Å². The number of carbonyl (C=O) groups excluding carboxylic acids is 3. The second kappa shape index (κ2) is 7.49. The van der Waals surface area contributed by atoms with E-state index in [1.165, 1.54) is 0 Å². The van der Waals surface area contributed by atoms with E-state index >= 15 is 0 Å². The number of hydrogen-bond donors (Lipinski definition) is 3. The molecular weight excluding hydrogens is 384 g/mol. The van der Waals surface area contributed by atoms with Gasteiger partial charge in [0.2, 0.25) is 17.8 Å². The van der Waals surface area contributed by atoms with E-state index in [-0.39, 0.29) is 18.2 Å². The minimum atomic E-state index is -0.612. The normalized spacial score (nSPS) is 21.3. The molecule has 154 valence electrons. The van der Waals surface area contributed by atoms with Crippen molar-refractivity contribution in [1.82, 2.24) is 25.5 Å². The lowest BCUT2D eigenvalue weighted by atomic mass is 9.99.